The lowest BCUT2D eigenvalue weighted by Gasteiger charge is -2.13. The zero-order chi connectivity index (χ0) is 11.0. The first-order chi connectivity index (χ1) is 6.60. The summed E-state index contributed by atoms with van der Waals surface area (Å²) in [7, 11) is 0. The number of hydrogen-bond acceptors (Lipinski definition) is 3. The van der Waals surface area contributed by atoms with Crippen molar-refractivity contribution in [1.82, 2.24) is 5.32 Å². The van der Waals surface area contributed by atoms with Crippen LogP contribution in [0.15, 0.2) is 0 Å². The fraction of sp³-hybridized carbons (Fsp3) is 0.778. The lowest BCUT2D eigenvalue weighted by atomic mass is 10.0. The maximum Gasteiger partial charge on any atom is 0.312 e. The Hall–Kier alpha value is -1.10. The van der Waals surface area contributed by atoms with Gasteiger partial charge in [-0.15, -0.1) is 0 Å². The molecule has 0 aliphatic rings. The summed E-state index contributed by atoms with van der Waals surface area (Å²) in [4.78, 5) is 21.1. The highest BCUT2D eigenvalue weighted by atomic mass is 16.4. The molecule has 82 valence electrons. The Labute approximate surface area is 83.1 Å². The Bertz CT molecular complexity index is 193. The van der Waals surface area contributed by atoms with Crippen LogP contribution in [0.5, 0.6) is 0 Å². The Balaban J connectivity index is 3.67. The van der Waals surface area contributed by atoms with Gasteiger partial charge < -0.3 is 15.5 Å². The number of carbonyl (C=O) groups excluding carboxylic acids is 1. The van der Waals surface area contributed by atoms with E-state index in [2.05, 4.69) is 5.32 Å². The standard InChI is InChI=1S/C9H17NO4/c1-2-7(3-4-11)6-10-8(12)5-9(13)14/h7,11H,2-6H2,1H3,(H,10,12)(H,13,14). The number of hydrogen-bond donors (Lipinski definition) is 3. The van der Waals surface area contributed by atoms with Crippen LogP contribution in [0.2, 0.25) is 0 Å². The number of carbonyl (C=O) groups is 2. The molecule has 14 heavy (non-hydrogen) atoms. The number of nitrogens with one attached hydrogen (secondary N) is 1. The van der Waals surface area contributed by atoms with Gasteiger partial charge in [-0.1, -0.05) is 13.3 Å². The number of carboxylic acid groups (broad SMARTS) is 1. The van der Waals surface area contributed by atoms with Crippen LogP contribution in [0, 0.1) is 5.92 Å². The second-order valence-corrected chi connectivity index (χ2v) is 3.16. The third kappa shape index (κ3) is 6.42. The Morgan fingerprint density at radius 1 is 1.43 bits per heavy atom. The van der Waals surface area contributed by atoms with E-state index in [4.69, 9.17) is 10.2 Å². The van der Waals surface area contributed by atoms with Gasteiger partial charge in [0.15, 0.2) is 0 Å². The first-order valence-electron chi connectivity index (χ1n) is 4.69. The fourth-order valence-corrected chi connectivity index (χ4v) is 1.09. The zero-order valence-electron chi connectivity index (χ0n) is 8.32. The summed E-state index contributed by atoms with van der Waals surface area (Å²) < 4.78 is 0. The minimum Gasteiger partial charge on any atom is -0.481 e. The molecule has 0 aromatic carbocycles. The summed E-state index contributed by atoms with van der Waals surface area (Å²) in [5.41, 5.74) is 0. The van der Waals surface area contributed by atoms with Crippen molar-refractivity contribution in [2.45, 2.75) is 26.2 Å². The van der Waals surface area contributed by atoms with Crippen molar-refractivity contribution in [1.29, 1.82) is 0 Å². The van der Waals surface area contributed by atoms with E-state index in [0.29, 0.717) is 13.0 Å². The van der Waals surface area contributed by atoms with Crippen LogP contribution in [-0.2, 0) is 9.59 Å². The second-order valence-electron chi connectivity index (χ2n) is 3.16. The highest BCUT2D eigenvalue weighted by Crippen LogP contribution is 2.05. The van der Waals surface area contributed by atoms with E-state index in [1.807, 2.05) is 6.92 Å². The van der Waals surface area contributed by atoms with Crippen molar-refractivity contribution in [3.63, 3.8) is 0 Å². The monoisotopic (exact) mass is 203 g/mol. The molecule has 1 unspecified atom stereocenters. The highest BCUT2D eigenvalue weighted by molar-refractivity contribution is 5.93. The summed E-state index contributed by atoms with van der Waals surface area (Å²) in [6, 6.07) is 0. The molecule has 0 saturated carbocycles. The molecule has 0 aromatic rings. The molecule has 0 aliphatic carbocycles. The van der Waals surface area contributed by atoms with Gasteiger partial charge in [-0.05, 0) is 12.3 Å². The molecule has 0 aromatic heterocycles. The van der Waals surface area contributed by atoms with E-state index in [1.165, 1.54) is 0 Å². The van der Waals surface area contributed by atoms with Crippen LogP contribution in [0.25, 0.3) is 0 Å². The van der Waals surface area contributed by atoms with Gasteiger partial charge in [0, 0.05) is 13.2 Å². The van der Waals surface area contributed by atoms with Crippen LogP contribution < -0.4 is 5.32 Å². The van der Waals surface area contributed by atoms with Gasteiger partial charge in [0.25, 0.3) is 0 Å². The summed E-state index contributed by atoms with van der Waals surface area (Å²) in [5, 5.41) is 19.5. The number of amides is 1. The molecule has 0 bridgehead atoms. The largest absolute Gasteiger partial charge is 0.481 e. The van der Waals surface area contributed by atoms with Gasteiger partial charge in [0.2, 0.25) is 5.91 Å². The minimum absolute atomic E-state index is 0.0906. The quantitative estimate of drug-likeness (QED) is 0.508. The molecule has 5 heteroatoms. The first-order valence-corrected chi connectivity index (χ1v) is 4.69. The lowest BCUT2D eigenvalue weighted by Crippen LogP contribution is -2.30. The third-order valence-corrected chi connectivity index (χ3v) is 2.01. The third-order valence-electron chi connectivity index (χ3n) is 2.01. The van der Waals surface area contributed by atoms with Crippen molar-refractivity contribution < 1.29 is 19.8 Å². The van der Waals surface area contributed by atoms with E-state index >= 15 is 0 Å². The molecule has 0 saturated heterocycles. The van der Waals surface area contributed by atoms with Gasteiger partial charge in [-0.25, -0.2) is 0 Å². The van der Waals surface area contributed by atoms with Gasteiger partial charge in [-0.3, -0.25) is 9.59 Å². The molecule has 0 aliphatic heterocycles. The average Bonchev–Trinajstić information content (AvgIpc) is 2.11. The summed E-state index contributed by atoms with van der Waals surface area (Å²) >= 11 is 0. The number of carboxylic acids is 1. The van der Waals surface area contributed by atoms with Crippen LogP contribution in [0.4, 0.5) is 0 Å². The molecular formula is C9H17NO4. The average molecular weight is 203 g/mol. The highest BCUT2D eigenvalue weighted by Gasteiger charge is 2.10. The maximum atomic E-state index is 10.9. The van der Waals surface area contributed by atoms with E-state index in [9.17, 15) is 9.59 Å². The van der Waals surface area contributed by atoms with E-state index in [1.54, 1.807) is 0 Å². The van der Waals surface area contributed by atoms with Crippen LogP contribution >= 0.6 is 0 Å². The molecule has 1 amide bonds. The summed E-state index contributed by atoms with van der Waals surface area (Å²) in [6.07, 6.45) is 0.993. The summed E-state index contributed by atoms with van der Waals surface area (Å²) in [5.74, 6) is -1.38. The summed E-state index contributed by atoms with van der Waals surface area (Å²) in [6.45, 7) is 2.49. The van der Waals surface area contributed by atoms with Crippen molar-refractivity contribution >= 4 is 11.9 Å². The number of rotatable bonds is 7. The molecule has 0 heterocycles. The molecule has 0 radical (unpaired) electrons. The van der Waals surface area contributed by atoms with Crippen LogP contribution in [-0.4, -0.2) is 35.2 Å². The minimum atomic E-state index is -1.13. The first kappa shape index (κ1) is 12.9. The SMILES string of the molecule is CCC(CCO)CNC(=O)CC(=O)O. The predicted molar refractivity (Wildman–Crippen MR) is 50.7 cm³/mol. The molecule has 0 fully saturated rings. The number of aliphatic hydroxyl groups excluding tert-OH is 1. The zero-order valence-corrected chi connectivity index (χ0v) is 8.32. The normalized spacial score (nSPS) is 12.1. The van der Waals surface area contributed by atoms with Gasteiger partial charge in [-0.2, -0.15) is 0 Å². The Morgan fingerprint density at radius 2 is 2.07 bits per heavy atom. The smallest absolute Gasteiger partial charge is 0.312 e. The number of aliphatic carboxylic acids is 1. The topological polar surface area (TPSA) is 86.6 Å². The Kier molecular flexibility index (Phi) is 6.74. The van der Waals surface area contributed by atoms with Crippen LogP contribution in [0.3, 0.4) is 0 Å². The molecule has 0 spiro atoms. The van der Waals surface area contributed by atoms with E-state index in [-0.39, 0.29) is 12.5 Å². The molecule has 0 rings (SSSR count). The van der Waals surface area contributed by atoms with Gasteiger partial charge in [0.05, 0.1) is 0 Å². The Morgan fingerprint density at radius 3 is 2.50 bits per heavy atom. The van der Waals surface area contributed by atoms with Crippen molar-refractivity contribution in [2.75, 3.05) is 13.2 Å². The van der Waals surface area contributed by atoms with Crippen molar-refractivity contribution in [3.8, 4) is 0 Å². The maximum absolute atomic E-state index is 10.9. The van der Waals surface area contributed by atoms with Gasteiger partial charge >= 0.3 is 5.97 Å². The molecule has 5 nitrogen and oxygen atoms in total. The second kappa shape index (κ2) is 7.32. The van der Waals surface area contributed by atoms with Gasteiger partial charge in [0.1, 0.15) is 6.42 Å². The van der Waals surface area contributed by atoms with Crippen LogP contribution in [0.1, 0.15) is 26.2 Å². The number of aliphatic hydroxyl groups is 1. The molecular weight excluding hydrogens is 186 g/mol. The fourth-order valence-electron chi connectivity index (χ4n) is 1.09. The van der Waals surface area contributed by atoms with E-state index in [0.717, 1.165) is 6.42 Å². The van der Waals surface area contributed by atoms with Crippen molar-refractivity contribution in [2.24, 2.45) is 5.92 Å². The molecule has 3 N–H and O–H groups in total. The van der Waals surface area contributed by atoms with E-state index < -0.39 is 18.3 Å². The van der Waals surface area contributed by atoms with Crippen molar-refractivity contribution in [3.05, 3.63) is 0 Å². The lowest BCUT2D eigenvalue weighted by molar-refractivity contribution is -0.140. The predicted octanol–water partition coefficient (Wildman–Crippen LogP) is -0.0141. The molecule has 1 atom stereocenters.